The lowest BCUT2D eigenvalue weighted by atomic mass is 9.85. The first-order valence-corrected chi connectivity index (χ1v) is 7.50. The number of anilines is 1. The van der Waals surface area contributed by atoms with Crippen molar-refractivity contribution in [1.82, 2.24) is 19.6 Å². The molecule has 0 atom stereocenters. The normalized spacial score (nSPS) is 22.9. The van der Waals surface area contributed by atoms with Crippen LogP contribution in [-0.2, 0) is 6.42 Å². The van der Waals surface area contributed by atoms with E-state index in [1.807, 2.05) is 13.0 Å². The second-order valence-electron chi connectivity index (χ2n) is 5.69. The van der Waals surface area contributed by atoms with E-state index in [0.29, 0.717) is 18.6 Å². The molecule has 22 heavy (non-hydrogen) atoms. The molecule has 0 aliphatic heterocycles. The zero-order chi connectivity index (χ0) is 15.7. The molecule has 2 aromatic rings. The summed E-state index contributed by atoms with van der Waals surface area (Å²) in [5.41, 5.74) is 0.881. The number of fused-ring (bicyclic) bond motifs is 1. The van der Waals surface area contributed by atoms with Gasteiger partial charge in [-0.15, -0.1) is 0 Å². The quantitative estimate of drug-likeness (QED) is 0.945. The highest BCUT2D eigenvalue weighted by atomic mass is 19.4. The van der Waals surface area contributed by atoms with Gasteiger partial charge in [-0.2, -0.15) is 27.8 Å². The average molecular weight is 313 g/mol. The average Bonchev–Trinajstić information content (AvgIpc) is 2.95. The van der Waals surface area contributed by atoms with E-state index in [4.69, 9.17) is 0 Å². The molecule has 1 aliphatic rings. The molecule has 8 heteroatoms. The zero-order valence-corrected chi connectivity index (χ0v) is 12.3. The molecule has 1 aliphatic carbocycles. The summed E-state index contributed by atoms with van der Waals surface area (Å²) in [6, 6.07) is 1.91. The van der Waals surface area contributed by atoms with Crippen LogP contribution in [0.15, 0.2) is 12.4 Å². The number of aryl methyl sites for hydroxylation is 1. The van der Waals surface area contributed by atoms with Gasteiger partial charge in [-0.25, -0.2) is 4.98 Å². The number of alkyl halides is 3. The summed E-state index contributed by atoms with van der Waals surface area (Å²) >= 11 is 0. The van der Waals surface area contributed by atoms with E-state index < -0.39 is 12.1 Å². The number of aromatic nitrogens is 4. The predicted molar refractivity (Wildman–Crippen MR) is 75.6 cm³/mol. The molecule has 1 fully saturated rings. The fourth-order valence-electron chi connectivity index (χ4n) is 2.92. The summed E-state index contributed by atoms with van der Waals surface area (Å²) in [6.45, 7) is 1.99. The SMILES string of the molecule is CCc1cc(NC2CCC(C(F)(F)F)CC2)n2ncnc2n1. The van der Waals surface area contributed by atoms with E-state index in [9.17, 15) is 13.2 Å². The Morgan fingerprint density at radius 3 is 2.64 bits per heavy atom. The standard InChI is InChI=1S/C14H18F3N5/c1-2-10-7-12(22-13(21-10)18-8-19-22)20-11-5-3-9(4-6-11)14(15,16)17/h7-9,11,20H,2-6H2,1H3. The lowest BCUT2D eigenvalue weighted by molar-refractivity contribution is -0.182. The van der Waals surface area contributed by atoms with Crippen molar-refractivity contribution in [3.05, 3.63) is 18.1 Å². The van der Waals surface area contributed by atoms with Gasteiger partial charge in [-0.3, -0.25) is 0 Å². The van der Waals surface area contributed by atoms with Crippen LogP contribution >= 0.6 is 0 Å². The first-order chi connectivity index (χ1) is 10.5. The van der Waals surface area contributed by atoms with Gasteiger partial charge in [0.1, 0.15) is 12.1 Å². The summed E-state index contributed by atoms with van der Waals surface area (Å²) in [5.74, 6) is 0.0845. The summed E-state index contributed by atoms with van der Waals surface area (Å²) in [7, 11) is 0. The van der Waals surface area contributed by atoms with Crippen LogP contribution in [0.3, 0.4) is 0 Å². The number of nitrogens with zero attached hydrogens (tertiary/aromatic N) is 4. The van der Waals surface area contributed by atoms with Crippen LogP contribution in [0.1, 0.15) is 38.3 Å². The molecule has 2 heterocycles. The third-order valence-electron chi connectivity index (χ3n) is 4.21. The Balaban J connectivity index is 1.73. The maximum Gasteiger partial charge on any atom is 0.391 e. The molecule has 0 unspecified atom stereocenters. The van der Waals surface area contributed by atoms with Crippen LogP contribution in [0.4, 0.5) is 19.0 Å². The zero-order valence-electron chi connectivity index (χ0n) is 12.3. The minimum absolute atomic E-state index is 0.0260. The first kappa shape index (κ1) is 15.1. The molecule has 0 aromatic carbocycles. The molecule has 1 N–H and O–H groups in total. The van der Waals surface area contributed by atoms with Crippen molar-refractivity contribution in [2.24, 2.45) is 5.92 Å². The van der Waals surface area contributed by atoms with Crippen LogP contribution in [-0.4, -0.2) is 31.8 Å². The molecular weight excluding hydrogens is 295 g/mol. The number of hydrogen-bond acceptors (Lipinski definition) is 4. The highest BCUT2D eigenvalue weighted by molar-refractivity contribution is 5.45. The van der Waals surface area contributed by atoms with Gasteiger partial charge in [0, 0.05) is 17.8 Å². The third kappa shape index (κ3) is 3.00. The van der Waals surface area contributed by atoms with Crippen LogP contribution in [0.2, 0.25) is 0 Å². The molecule has 0 spiro atoms. The fraction of sp³-hybridized carbons (Fsp3) is 0.643. The summed E-state index contributed by atoms with van der Waals surface area (Å²) < 4.78 is 39.7. The molecule has 120 valence electrons. The molecule has 3 rings (SSSR count). The molecule has 5 nitrogen and oxygen atoms in total. The van der Waals surface area contributed by atoms with Crippen LogP contribution in [0.25, 0.3) is 5.78 Å². The van der Waals surface area contributed by atoms with Gasteiger partial charge < -0.3 is 5.32 Å². The highest BCUT2D eigenvalue weighted by Gasteiger charge is 2.41. The van der Waals surface area contributed by atoms with Gasteiger partial charge in [0.2, 0.25) is 0 Å². The van der Waals surface area contributed by atoms with Crippen molar-refractivity contribution >= 4 is 11.6 Å². The maximum absolute atomic E-state index is 12.7. The van der Waals surface area contributed by atoms with Crippen molar-refractivity contribution in [2.75, 3.05) is 5.32 Å². The summed E-state index contributed by atoms with van der Waals surface area (Å²) in [6.07, 6.45) is -0.530. The Morgan fingerprint density at radius 2 is 2.00 bits per heavy atom. The molecule has 0 bridgehead atoms. The Morgan fingerprint density at radius 1 is 1.27 bits per heavy atom. The number of halogens is 3. The molecule has 0 radical (unpaired) electrons. The Kier molecular flexibility index (Phi) is 3.92. The smallest absolute Gasteiger partial charge is 0.367 e. The lowest BCUT2D eigenvalue weighted by Gasteiger charge is -2.30. The first-order valence-electron chi connectivity index (χ1n) is 7.50. The van der Waals surface area contributed by atoms with Crippen molar-refractivity contribution in [3.8, 4) is 0 Å². The largest absolute Gasteiger partial charge is 0.391 e. The summed E-state index contributed by atoms with van der Waals surface area (Å²) in [5, 5.41) is 7.42. The predicted octanol–water partition coefficient (Wildman–Crippen LogP) is 3.22. The van der Waals surface area contributed by atoms with Crippen molar-refractivity contribution in [1.29, 1.82) is 0 Å². The van der Waals surface area contributed by atoms with Gasteiger partial charge in [0.15, 0.2) is 0 Å². The van der Waals surface area contributed by atoms with Gasteiger partial charge in [-0.1, -0.05) is 6.92 Å². The minimum atomic E-state index is -4.07. The van der Waals surface area contributed by atoms with E-state index in [1.165, 1.54) is 6.33 Å². The van der Waals surface area contributed by atoms with Gasteiger partial charge in [-0.05, 0) is 32.1 Å². The Labute approximate surface area is 126 Å². The molecular formula is C14H18F3N5. The van der Waals surface area contributed by atoms with Gasteiger partial charge in [0.25, 0.3) is 5.78 Å². The molecule has 0 amide bonds. The van der Waals surface area contributed by atoms with Crippen molar-refractivity contribution in [3.63, 3.8) is 0 Å². The van der Waals surface area contributed by atoms with E-state index in [0.717, 1.165) is 17.9 Å². The highest BCUT2D eigenvalue weighted by Crippen LogP contribution is 2.38. The van der Waals surface area contributed by atoms with E-state index >= 15 is 0 Å². The topological polar surface area (TPSA) is 55.1 Å². The maximum atomic E-state index is 12.7. The van der Waals surface area contributed by atoms with E-state index in [-0.39, 0.29) is 18.9 Å². The lowest BCUT2D eigenvalue weighted by Crippen LogP contribution is -2.33. The van der Waals surface area contributed by atoms with Crippen LogP contribution < -0.4 is 5.32 Å². The molecule has 0 saturated heterocycles. The number of rotatable bonds is 3. The van der Waals surface area contributed by atoms with Crippen LogP contribution in [0.5, 0.6) is 0 Å². The Bertz CT molecular complexity index is 643. The van der Waals surface area contributed by atoms with Gasteiger partial charge in [0.05, 0.1) is 5.92 Å². The van der Waals surface area contributed by atoms with Gasteiger partial charge >= 0.3 is 6.18 Å². The minimum Gasteiger partial charge on any atom is -0.367 e. The third-order valence-corrected chi connectivity index (χ3v) is 4.21. The Hall–Kier alpha value is -1.86. The van der Waals surface area contributed by atoms with Crippen molar-refractivity contribution in [2.45, 2.75) is 51.2 Å². The van der Waals surface area contributed by atoms with Crippen molar-refractivity contribution < 1.29 is 13.2 Å². The number of hydrogen-bond donors (Lipinski definition) is 1. The van der Waals surface area contributed by atoms with E-state index in [1.54, 1.807) is 4.52 Å². The second kappa shape index (κ2) is 5.73. The molecule has 1 saturated carbocycles. The monoisotopic (exact) mass is 313 g/mol. The van der Waals surface area contributed by atoms with E-state index in [2.05, 4.69) is 20.4 Å². The second-order valence-corrected chi connectivity index (χ2v) is 5.69. The van der Waals surface area contributed by atoms with Crippen LogP contribution in [0, 0.1) is 5.92 Å². The summed E-state index contributed by atoms with van der Waals surface area (Å²) in [4.78, 5) is 8.43. The molecule has 2 aromatic heterocycles. The number of nitrogens with one attached hydrogen (secondary N) is 1. The fourth-order valence-corrected chi connectivity index (χ4v) is 2.92.